The zero-order valence-corrected chi connectivity index (χ0v) is 12.6. The number of nitrogens with one attached hydrogen (secondary N) is 2. The third-order valence-corrected chi connectivity index (χ3v) is 2.85. The lowest BCUT2D eigenvalue weighted by Crippen LogP contribution is -2.38. The van der Waals surface area contributed by atoms with Crippen LogP contribution in [0.2, 0.25) is 0 Å². The first kappa shape index (κ1) is 16.8. The highest BCUT2D eigenvalue weighted by atomic mass is 16.3. The minimum Gasteiger partial charge on any atom is -0.507 e. The van der Waals surface area contributed by atoms with Gasteiger partial charge in [-0.2, -0.15) is 0 Å². The second kappa shape index (κ2) is 8.84. The van der Waals surface area contributed by atoms with Crippen LogP contribution in [0.25, 0.3) is 0 Å². The smallest absolute Gasteiger partial charge is 0.255 e. The van der Waals surface area contributed by atoms with Gasteiger partial charge in [0.1, 0.15) is 5.75 Å². The fourth-order valence-electron chi connectivity index (χ4n) is 1.63. The zero-order valence-electron chi connectivity index (χ0n) is 12.6. The number of guanidine groups is 1. The Morgan fingerprint density at radius 1 is 1.29 bits per heavy atom. The predicted molar refractivity (Wildman–Crippen MR) is 84.4 cm³/mol. The number of amides is 1. The van der Waals surface area contributed by atoms with Crippen LogP contribution in [0.5, 0.6) is 5.75 Å². The quantitative estimate of drug-likeness (QED) is 0.343. The SMILES string of the molecule is CC(C)CCN=C(N)NCCNC(=O)c1ccccc1O. The molecule has 21 heavy (non-hydrogen) atoms. The van der Waals surface area contributed by atoms with Gasteiger partial charge in [-0.3, -0.25) is 9.79 Å². The number of phenols is 1. The monoisotopic (exact) mass is 292 g/mol. The molecule has 0 saturated carbocycles. The van der Waals surface area contributed by atoms with Crippen LogP contribution < -0.4 is 16.4 Å². The maximum absolute atomic E-state index is 11.8. The van der Waals surface area contributed by atoms with Gasteiger partial charge in [0.05, 0.1) is 5.56 Å². The molecule has 0 spiro atoms. The van der Waals surface area contributed by atoms with E-state index in [0.29, 0.717) is 31.5 Å². The van der Waals surface area contributed by atoms with E-state index in [9.17, 15) is 9.90 Å². The number of para-hydroxylation sites is 1. The average Bonchev–Trinajstić information content (AvgIpc) is 2.43. The minimum absolute atomic E-state index is 0.0299. The molecule has 1 amide bonds. The first-order valence-electron chi connectivity index (χ1n) is 7.10. The predicted octanol–water partition coefficient (Wildman–Crippen LogP) is 1.07. The van der Waals surface area contributed by atoms with Crippen molar-refractivity contribution in [2.45, 2.75) is 20.3 Å². The van der Waals surface area contributed by atoms with Crippen LogP contribution in [-0.4, -0.2) is 36.6 Å². The van der Waals surface area contributed by atoms with Crippen LogP contribution in [0.1, 0.15) is 30.6 Å². The van der Waals surface area contributed by atoms with Gasteiger partial charge in [-0.05, 0) is 24.5 Å². The van der Waals surface area contributed by atoms with Crippen LogP contribution in [0.15, 0.2) is 29.3 Å². The summed E-state index contributed by atoms with van der Waals surface area (Å²) in [6.07, 6.45) is 0.992. The highest BCUT2D eigenvalue weighted by Crippen LogP contribution is 2.14. The van der Waals surface area contributed by atoms with Gasteiger partial charge in [0.25, 0.3) is 5.91 Å². The molecule has 0 unspecified atom stereocenters. The molecule has 0 aliphatic rings. The van der Waals surface area contributed by atoms with Crippen LogP contribution in [0.4, 0.5) is 0 Å². The Labute approximate surface area is 125 Å². The van der Waals surface area contributed by atoms with Crippen molar-refractivity contribution in [1.29, 1.82) is 0 Å². The molecule has 0 heterocycles. The molecule has 116 valence electrons. The number of nitrogens with two attached hydrogens (primary N) is 1. The summed E-state index contributed by atoms with van der Waals surface area (Å²) in [6.45, 7) is 5.84. The van der Waals surface area contributed by atoms with E-state index in [-0.39, 0.29) is 17.2 Å². The van der Waals surface area contributed by atoms with E-state index in [1.54, 1.807) is 18.2 Å². The Morgan fingerprint density at radius 3 is 2.62 bits per heavy atom. The summed E-state index contributed by atoms with van der Waals surface area (Å²) in [5, 5.41) is 15.2. The molecule has 6 nitrogen and oxygen atoms in total. The summed E-state index contributed by atoms with van der Waals surface area (Å²) < 4.78 is 0. The molecule has 0 aliphatic carbocycles. The third-order valence-electron chi connectivity index (χ3n) is 2.85. The van der Waals surface area contributed by atoms with E-state index in [4.69, 9.17) is 5.73 Å². The van der Waals surface area contributed by atoms with Gasteiger partial charge in [0.2, 0.25) is 0 Å². The summed E-state index contributed by atoms with van der Waals surface area (Å²) in [6, 6.07) is 6.42. The molecule has 0 atom stereocenters. The van der Waals surface area contributed by atoms with Gasteiger partial charge in [0.15, 0.2) is 5.96 Å². The summed E-state index contributed by atoms with van der Waals surface area (Å²) in [5.41, 5.74) is 5.96. The number of hydrogen-bond donors (Lipinski definition) is 4. The largest absolute Gasteiger partial charge is 0.507 e. The number of carbonyl (C=O) groups is 1. The second-order valence-electron chi connectivity index (χ2n) is 5.15. The van der Waals surface area contributed by atoms with Crippen molar-refractivity contribution in [2.24, 2.45) is 16.6 Å². The highest BCUT2D eigenvalue weighted by molar-refractivity contribution is 5.96. The molecule has 6 heteroatoms. The Morgan fingerprint density at radius 2 is 1.95 bits per heavy atom. The van der Waals surface area contributed by atoms with Crippen molar-refractivity contribution >= 4 is 11.9 Å². The summed E-state index contributed by atoms with van der Waals surface area (Å²) in [4.78, 5) is 16.0. The van der Waals surface area contributed by atoms with Gasteiger partial charge in [-0.1, -0.05) is 26.0 Å². The highest BCUT2D eigenvalue weighted by Gasteiger charge is 2.08. The zero-order chi connectivity index (χ0) is 15.7. The Kier molecular flexibility index (Phi) is 7.08. The number of hydrogen-bond acceptors (Lipinski definition) is 3. The summed E-state index contributed by atoms with van der Waals surface area (Å²) in [5.74, 6) is 0.634. The number of nitrogens with zero attached hydrogens (tertiary/aromatic N) is 1. The van der Waals surface area contributed by atoms with Gasteiger partial charge in [0, 0.05) is 19.6 Å². The fourth-order valence-corrected chi connectivity index (χ4v) is 1.63. The third kappa shape index (κ3) is 6.65. The van der Waals surface area contributed by atoms with E-state index < -0.39 is 0 Å². The molecule has 0 fully saturated rings. The normalized spacial score (nSPS) is 11.5. The van der Waals surface area contributed by atoms with Crippen molar-refractivity contribution < 1.29 is 9.90 Å². The number of benzene rings is 1. The Hall–Kier alpha value is -2.24. The molecule has 0 aromatic heterocycles. The molecule has 0 aliphatic heterocycles. The maximum Gasteiger partial charge on any atom is 0.255 e. The lowest BCUT2D eigenvalue weighted by atomic mass is 10.1. The molecule has 1 aromatic carbocycles. The van der Waals surface area contributed by atoms with Crippen molar-refractivity contribution in [3.05, 3.63) is 29.8 Å². The van der Waals surface area contributed by atoms with E-state index in [0.717, 1.165) is 6.42 Å². The Bertz CT molecular complexity index is 486. The number of aromatic hydroxyl groups is 1. The van der Waals surface area contributed by atoms with Gasteiger partial charge in [-0.25, -0.2) is 0 Å². The van der Waals surface area contributed by atoms with Crippen LogP contribution in [0, 0.1) is 5.92 Å². The van der Waals surface area contributed by atoms with E-state index in [1.807, 2.05) is 0 Å². The number of carbonyl (C=O) groups excluding carboxylic acids is 1. The van der Waals surface area contributed by atoms with Gasteiger partial charge < -0.3 is 21.5 Å². The van der Waals surface area contributed by atoms with Gasteiger partial charge in [-0.15, -0.1) is 0 Å². The molecule has 1 rings (SSSR count). The first-order valence-corrected chi connectivity index (χ1v) is 7.10. The second-order valence-corrected chi connectivity index (χ2v) is 5.15. The first-order chi connectivity index (χ1) is 10.0. The Balaban J connectivity index is 2.25. The van der Waals surface area contributed by atoms with Crippen molar-refractivity contribution in [3.63, 3.8) is 0 Å². The van der Waals surface area contributed by atoms with Crippen LogP contribution in [0.3, 0.4) is 0 Å². The van der Waals surface area contributed by atoms with Crippen molar-refractivity contribution in [1.82, 2.24) is 10.6 Å². The summed E-state index contributed by atoms with van der Waals surface area (Å²) >= 11 is 0. The van der Waals surface area contributed by atoms with Crippen LogP contribution >= 0.6 is 0 Å². The van der Waals surface area contributed by atoms with E-state index in [2.05, 4.69) is 29.5 Å². The van der Waals surface area contributed by atoms with Crippen LogP contribution in [-0.2, 0) is 0 Å². The fraction of sp³-hybridized carbons (Fsp3) is 0.467. The number of rotatable bonds is 7. The molecule has 0 radical (unpaired) electrons. The molecular formula is C15H24N4O2. The standard InChI is InChI=1S/C15H24N4O2/c1-11(2)7-8-18-15(16)19-10-9-17-14(21)12-5-3-4-6-13(12)20/h3-6,11,20H,7-10H2,1-2H3,(H,17,21)(H3,16,18,19). The van der Waals surface area contributed by atoms with Gasteiger partial charge >= 0.3 is 0 Å². The molecule has 0 bridgehead atoms. The summed E-state index contributed by atoms with van der Waals surface area (Å²) in [7, 11) is 0. The van der Waals surface area contributed by atoms with Crippen molar-refractivity contribution in [2.75, 3.05) is 19.6 Å². The lowest BCUT2D eigenvalue weighted by molar-refractivity contribution is 0.0951. The number of aliphatic imine (C=N–C) groups is 1. The lowest BCUT2D eigenvalue weighted by Gasteiger charge is -2.08. The average molecular weight is 292 g/mol. The van der Waals surface area contributed by atoms with Crippen molar-refractivity contribution in [3.8, 4) is 5.75 Å². The van der Waals surface area contributed by atoms with E-state index >= 15 is 0 Å². The molecule has 0 saturated heterocycles. The molecule has 1 aromatic rings. The van der Waals surface area contributed by atoms with E-state index in [1.165, 1.54) is 6.07 Å². The minimum atomic E-state index is -0.315. The maximum atomic E-state index is 11.8. The topological polar surface area (TPSA) is 99.7 Å². The number of phenolic OH excluding ortho intramolecular Hbond substituents is 1. The molecule has 5 N–H and O–H groups in total. The molecular weight excluding hydrogens is 268 g/mol.